The zero-order chi connectivity index (χ0) is 15.7. The number of hydrogen-bond acceptors (Lipinski definition) is 4. The van der Waals surface area contributed by atoms with Crippen LogP contribution >= 0.6 is 0 Å². The van der Waals surface area contributed by atoms with Gasteiger partial charge in [0.1, 0.15) is 12.2 Å². The number of unbranched alkanes of at least 4 members (excludes halogenated alkanes) is 1. The summed E-state index contributed by atoms with van der Waals surface area (Å²) in [7, 11) is 0. The molecular weight excluding hydrogens is 268 g/mol. The number of rotatable bonds is 6. The molecule has 1 amide bonds. The molecule has 1 aromatic rings. The Balaban J connectivity index is 2.59. The number of benzene rings is 1. The molecule has 0 bridgehead atoms. The summed E-state index contributed by atoms with van der Waals surface area (Å²) in [6.07, 6.45) is 0.384. The van der Waals surface area contributed by atoms with Gasteiger partial charge in [-0.05, 0) is 32.8 Å². The first-order valence-corrected chi connectivity index (χ1v) is 6.96. The van der Waals surface area contributed by atoms with E-state index in [1.54, 1.807) is 20.8 Å². The predicted molar refractivity (Wildman–Crippen MR) is 79.0 cm³/mol. The van der Waals surface area contributed by atoms with Crippen molar-refractivity contribution in [2.45, 2.75) is 45.8 Å². The number of nitriles is 1. The minimum Gasteiger partial charge on any atom is -0.442 e. The van der Waals surface area contributed by atoms with Crippen LogP contribution in [0.15, 0.2) is 30.3 Å². The van der Waals surface area contributed by atoms with Crippen molar-refractivity contribution in [2.24, 2.45) is 0 Å². The Morgan fingerprint density at radius 2 is 1.95 bits per heavy atom. The van der Waals surface area contributed by atoms with Crippen LogP contribution in [0.25, 0.3) is 0 Å². The monoisotopic (exact) mass is 290 g/mol. The number of nitrogens with zero attached hydrogens (tertiary/aromatic N) is 2. The Hall–Kier alpha value is -2.06. The Morgan fingerprint density at radius 3 is 2.52 bits per heavy atom. The van der Waals surface area contributed by atoms with E-state index in [-0.39, 0.29) is 6.61 Å². The molecule has 0 radical (unpaired) electrons. The smallest absolute Gasteiger partial charge is 0.434 e. The summed E-state index contributed by atoms with van der Waals surface area (Å²) in [6, 6.07) is 11.6. The Bertz CT molecular complexity index is 475. The van der Waals surface area contributed by atoms with Gasteiger partial charge in [0.25, 0.3) is 0 Å². The second-order valence-electron chi connectivity index (χ2n) is 5.60. The van der Waals surface area contributed by atoms with Crippen LogP contribution in [-0.2, 0) is 16.2 Å². The molecule has 0 fully saturated rings. The highest BCUT2D eigenvalue weighted by Crippen LogP contribution is 2.12. The largest absolute Gasteiger partial charge is 0.442 e. The van der Waals surface area contributed by atoms with Gasteiger partial charge in [-0.1, -0.05) is 30.3 Å². The van der Waals surface area contributed by atoms with Crippen molar-refractivity contribution in [1.29, 1.82) is 5.26 Å². The van der Waals surface area contributed by atoms with Gasteiger partial charge in [0.05, 0.1) is 12.6 Å². The maximum atomic E-state index is 12.1. The highest BCUT2D eigenvalue weighted by molar-refractivity contribution is 5.66. The number of hydrogen-bond donors (Lipinski definition) is 0. The van der Waals surface area contributed by atoms with Crippen molar-refractivity contribution in [3.05, 3.63) is 35.9 Å². The fourth-order valence-electron chi connectivity index (χ4n) is 1.55. The Kier molecular flexibility index (Phi) is 6.70. The molecule has 0 saturated carbocycles. The van der Waals surface area contributed by atoms with Gasteiger partial charge in [0.2, 0.25) is 0 Å². The number of ether oxygens (including phenoxy) is 1. The van der Waals surface area contributed by atoms with Gasteiger partial charge in [-0.25, -0.2) is 4.79 Å². The fraction of sp³-hybridized carbons (Fsp3) is 0.500. The molecule has 0 atom stereocenters. The van der Waals surface area contributed by atoms with E-state index in [2.05, 4.69) is 0 Å². The lowest BCUT2D eigenvalue weighted by Crippen LogP contribution is -2.37. The van der Waals surface area contributed by atoms with E-state index in [0.29, 0.717) is 19.4 Å². The van der Waals surface area contributed by atoms with E-state index in [9.17, 15) is 4.79 Å². The molecule has 21 heavy (non-hydrogen) atoms. The molecular formula is C16H22N2O3. The second kappa shape index (κ2) is 8.28. The number of amides is 1. The van der Waals surface area contributed by atoms with E-state index in [0.717, 1.165) is 5.56 Å². The Labute approximate surface area is 126 Å². The quantitative estimate of drug-likeness (QED) is 0.592. The molecule has 1 aromatic carbocycles. The molecule has 0 N–H and O–H groups in total. The minimum absolute atomic E-state index is 0.284. The van der Waals surface area contributed by atoms with Crippen LogP contribution < -0.4 is 0 Å². The standard InChI is InChI=1S/C16H22N2O3/c1-16(2,3)21-15(19)18(12-8-7-11-17)20-13-14-9-5-4-6-10-14/h4-6,9-10H,7-8,12-13H2,1-3H3. The molecule has 114 valence electrons. The first-order valence-electron chi connectivity index (χ1n) is 6.96. The topological polar surface area (TPSA) is 62.6 Å². The number of carbonyl (C=O) groups excluding carboxylic acids is 1. The summed E-state index contributed by atoms with van der Waals surface area (Å²) >= 11 is 0. The van der Waals surface area contributed by atoms with Crippen LogP contribution in [0, 0.1) is 11.3 Å². The summed E-state index contributed by atoms with van der Waals surface area (Å²) in [5.74, 6) is 0. The van der Waals surface area contributed by atoms with Gasteiger partial charge < -0.3 is 4.74 Å². The first-order chi connectivity index (χ1) is 9.92. The van der Waals surface area contributed by atoms with Crippen molar-refractivity contribution < 1.29 is 14.4 Å². The van der Waals surface area contributed by atoms with Crippen molar-refractivity contribution in [3.63, 3.8) is 0 Å². The maximum Gasteiger partial charge on any atom is 0.434 e. The van der Waals surface area contributed by atoms with E-state index in [1.807, 2.05) is 36.4 Å². The molecule has 5 nitrogen and oxygen atoms in total. The van der Waals surface area contributed by atoms with Gasteiger partial charge in [-0.2, -0.15) is 10.3 Å². The first kappa shape index (κ1) is 17.0. The molecule has 0 saturated heterocycles. The van der Waals surface area contributed by atoms with Gasteiger partial charge in [-0.3, -0.25) is 4.84 Å². The molecule has 0 unspecified atom stereocenters. The number of carbonyl (C=O) groups is 1. The zero-order valence-corrected chi connectivity index (χ0v) is 12.8. The zero-order valence-electron chi connectivity index (χ0n) is 12.8. The van der Waals surface area contributed by atoms with Gasteiger partial charge >= 0.3 is 6.09 Å². The predicted octanol–water partition coefficient (Wildman–Crippen LogP) is 3.66. The van der Waals surface area contributed by atoms with Crippen LogP contribution in [0.5, 0.6) is 0 Å². The molecule has 5 heteroatoms. The molecule has 0 heterocycles. The molecule has 1 rings (SSSR count). The SMILES string of the molecule is CC(C)(C)OC(=O)N(CCCC#N)OCc1ccccc1. The third-order valence-corrected chi connectivity index (χ3v) is 2.48. The van der Waals surface area contributed by atoms with Gasteiger partial charge in [0, 0.05) is 6.42 Å². The third kappa shape index (κ3) is 7.33. The van der Waals surface area contributed by atoms with Crippen molar-refractivity contribution in [1.82, 2.24) is 5.06 Å². The van der Waals surface area contributed by atoms with Crippen LogP contribution in [0.4, 0.5) is 4.79 Å². The molecule has 0 spiro atoms. The molecule has 0 aliphatic heterocycles. The van der Waals surface area contributed by atoms with Crippen LogP contribution in [-0.4, -0.2) is 23.3 Å². The van der Waals surface area contributed by atoms with Crippen LogP contribution in [0.2, 0.25) is 0 Å². The number of hydroxylamine groups is 2. The van der Waals surface area contributed by atoms with Crippen molar-refractivity contribution in [3.8, 4) is 6.07 Å². The molecule has 0 aliphatic rings. The summed E-state index contributed by atoms with van der Waals surface area (Å²) in [5.41, 5.74) is 0.382. The third-order valence-electron chi connectivity index (χ3n) is 2.48. The van der Waals surface area contributed by atoms with Crippen LogP contribution in [0.3, 0.4) is 0 Å². The lowest BCUT2D eigenvalue weighted by molar-refractivity contribution is -0.156. The van der Waals surface area contributed by atoms with Gasteiger partial charge in [0.15, 0.2) is 0 Å². The average Bonchev–Trinajstić information content (AvgIpc) is 2.41. The summed E-state index contributed by atoms with van der Waals surface area (Å²) in [6.45, 7) is 6.02. The average molecular weight is 290 g/mol. The molecule has 0 aliphatic carbocycles. The maximum absolute atomic E-state index is 12.1. The summed E-state index contributed by atoms with van der Waals surface area (Å²) < 4.78 is 5.30. The highest BCUT2D eigenvalue weighted by Gasteiger charge is 2.22. The van der Waals surface area contributed by atoms with Gasteiger partial charge in [-0.15, -0.1) is 0 Å². The molecule has 0 aromatic heterocycles. The summed E-state index contributed by atoms with van der Waals surface area (Å²) in [4.78, 5) is 17.6. The van der Waals surface area contributed by atoms with Crippen molar-refractivity contribution in [2.75, 3.05) is 6.54 Å². The normalized spacial score (nSPS) is 10.8. The van der Waals surface area contributed by atoms with Crippen LogP contribution in [0.1, 0.15) is 39.2 Å². The summed E-state index contributed by atoms with van der Waals surface area (Å²) in [5, 5.41) is 9.78. The lowest BCUT2D eigenvalue weighted by atomic mass is 10.2. The lowest BCUT2D eigenvalue weighted by Gasteiger charge is -2.26. The van der Waals surface area contributed by atoms with E-state index < -0.39 is 11.7 Å². The van der Waals surface area contributed by atoms with E-state index in [4.69, 9.17) is 14.8 Å². The van der Waals surface area contributed by atoms with Crippen molar-refractivity contribution >= 4 is 6.09 Å². The minimum atomic E-state index is -0.583. The van der Waals surface area contributed by atoms with E-state index >= 15 is 0 Å². The highest BCUT2D eigenvalue weighted by atomic mass is 16.7. The van der Waals surface area contributed by atoms with E-state index in [1.165, 1.54) is 5.06 Å². The fourth-order valence-corrected chi connectivity index (χ4v) is 1.55. The second-order valence-corrected chi connectivity index (χ2v) is 5.60. The Morgan fingerprint density at radius 1 is 1.29 bits per heavy atom.